The summed E-state index contributed by atoms with van der Waals surface area (Å²) in [5.74, 6) is -0.229. The molecule has 1 aromatic carbocycles. The highest BCUT2D eigenvalue weighted by atomic mass is 32.1. The van der Waals surface area contributed by atoms with Crippen LogP contribution in [0.3, 0.4) is 0 Å². The molecule has 3 N–H and O–H groups in total. The summed E-state index contributed by atoms with van der Waals surface area (Å²) in [6.07, 6.45) is 2.15. The van der Waals surface area contributed by atoms with E-state index >= 15 is 0 Å². The third-order valence-corrected chi connectivity index (χ3v) is 5.49. The zero-order valence-electron chi connectivity index (χ0n) is 13.7. The molecule has 0 radical (unpaired) electrons. The molecule has 0 spiro atoms. The molecule has 24 heavy (non-hydrogen) atoms. The fraction of sp³-hybridized carbons (Fsp3) is 0.412. The summed E-state index contributed by atoms with van der Waals surface area (Å²) in [5, 5.41) is 5.22. The Morgan fingerprint density at radius 3 is 2.92 bits per heavy atom. The number of thiol groups is 1. The Labute approximate surface area is 151 Å². The SMILES string of the molecule is CC1(S)CCN(c2cccc(-c3csc(NC(=O)CN)n3)c2)CC1. The van der Waals surface area contributed by atoms with E-state index in [9.17, 15) is 4.79 Å². The van der Waals surface area contributed by atoms with Gasteiger partial charge in [-0.1, -0.05) is 19.1 Å². The van der Waals surface area contributed by atoms with Gasteiger partial charge in [-0.15, -0.1) is 11.3 Å². The average Bonchev–Trinajstić information content (AvgIpc) is 3.03. The number of benzene rings is 1. The summed E-state index contributed by atoms with van der Waals surface area (Å²) in [5.41, 5.74) is 8.44. The lowest BCUT2D eigenvalue weighted by molar-refractivity contribution is -0.114. The lowest BCUT2D eigenvalue weighted by Gasteiger charge is -2.37. The van der Waals surface area contributed by atoms with Gasteiger partial charge in [0, 0.05) is 34.5 Å². The third-order valence-electron chi connectivity index (χ3n) is 4.28. The van der Waals surface area contributed by atoms with Crippen LogP contribution in [0.1, 0.15) is 19.8 Å². The molecule has 0 bridgehead atoms. The van der Waals surface area contributed by atoms with Crippen LogP contribution in [0.25, 0.3) is 11.3 Å². The summed E-state index contributed by atoms with van der Waals surface area (Å²) in [7, 11) is 0. The van der Waals surface area contributed by atoms with E-state index in [1.54, 1.807) is 0 Å². The van der Waals surface area contributed by atoms with Gasteiger partial charge in [-0.3, -0.25) is 4.79 Å². The first-order chi connectivity index (χ1) is 11.5. The van der Waals surface area contributed by atoms with E-state index < -0.39 is 0 Å². The number of piperidine rings is 1. The minimum Gasteiger partial charge on any atom is -0.371 e. The number of nitrogens with one attached hydrogen (secondary N) is 1. The van der Waals surface area contributed by atoms with Gasteiger partial charge in [-0.25, -0.2) is 4.98 Å². The van der Waals surface area contributed by atoms with Crippen LogP contribution in [-0.4, -0.2) is 35.3 Å². The molecule has 0 saturated carbocycles. The molecule has 1 aromatic heterocycles. The van der Waals surface area contributed by atoms with Gasteiger partial charge >= 0.3 is 0 Å². The summed E-state index contributed by atoms with van der Waals surface area (Å²) in [4.78, 5) is 18.2. The van der Waals surface area contributed by atoms with E-state index in [0.717, 1.165) is 37.2 Å². The van der Waals surface area contributed by atoms with E-state index in [0.29, 0.717) is 5.13 Å². The van der Waals surface area contributed by atoms with E-state index in [-0.39, 0.29) is 17.2 Å². The van der Waals surface area contributed by atoms with Crippen molar-refractivity contribution < 1.29 is 4.79 Å². The minimum absolute atomic E-state index is 0.0383. The second kappa shape index (κ2) is 7.13. The summed E-state index contributed by atoms with van der Waals surface area (Å²) in [6.45, 7) is 4.19. The largest absolute Gasteiger partial charge is 0.371 e. The number of anilines is 2. The molecule has 5 nitrogen and oxygen atoms in total. The molecule has 2 heterocycles. The summed E-state index contributed by atoms with van der Waals surface area (Å²) >= 11 is 6.11. The number of aromatic nitrogens is 1. The van der Waals surface area contributed by atoms with E-state index in [2.05, 4.69) is 40.3 Å². The van der Waals surface area contributed by atoms with Gasteiger partial charge in [0.2, 0.25) is 5.91 Å². The fourth-order valence-electron chi connectivity index (χ4n) is 2.74. The Hall–Kier alpha value is -1.57. The van der Waals surface area contributed by atoms with Gasteiger partial charge in [0.15, 0.2) is 5.13 Å². The molecule has 0 atom stereocenters. The number of hydrogen-bond donors (Lipinski definition) is 3. The summed E-state index contributed by atoms with van der Waals surface area (Å²) in [6, 6.07) is 8.38. The van der Waals surface area contributed by atoms with Crippen molar-refractivity contribution in [1.82, 2.24) is 4.98 Å². The molecular weight excluding hydrogens is 340 g/mol. The van der Waals surface area contributed by atoms with E-state index in [4.69, 9.17) is 18.4 Å². The van der Waals surface area contributed by atoms with Crippen molar-refractivity contribution in [2.45, 2.75) is 24.5 Å². The lowest BCUT2D eigenvalue weighted by Crippen LogP contribution is -2.39. The van der Waals surface area contributed by atoms with Crippen molar-refractivity contribution in [3.05, 3.63) is 29.6 Å². The Morgan fingerprint density at radius 1 is 1.46 bits per heavy atom. The van der Waals surface area contributed by atoms with Crippen molar-refractivity contribution >= 4 is 40.7 Å². The number of hydrogen-bond acceptors (Lipinski definition) is 6. The monoisotopic (exact) mass is 362 g/mol. The van der Waals surface area contributed by atoms with Crippen LogP contribution in [-0.2, 0) is 4.79 Å². The van der Waals surface area contributed by atoms with Crippen LogP contribution in [0.2, 0.25) is 0 Å². The zero-order valence-corrected chi connectivity index (χ0v) is 15.4. The fourth-order valence-corrected chi connectivity index (χ4v) is 3.68. The quantitative estimate of drug-likeness (QED) is 0.731. The standard InChI is InChI=1S/C17H22N4OS2/c1-17(23)5-7-21(8-6-17)13-4-2-3-12(9-13)14-11-24-16(19-14)20-15(22)10-18/h2-4,9,11,23H,5-8,10,18H2,1H3,(H,19,20,22). The predicted molar refractivity (Wildman–Crippen MR) is 104 cm³/mol. The van der Waals surface area contributed by atoms with Crippen LogP contribution < -0.4 is 16.0 Å². The topological polar surface area (TPSA) is 71.2 Å². The Morgan fingerprint density at radius 2 is 2.21 bits per heavy atom. The molecule has 1 fully saturated rings. The first kappa shape index (κ1) is 17.3. The Kier molecular flexibility index (Phi) is 5.12. The number of carbonyl (C=O) groups excluding carboxylic acids is 1. The molecule has 128 valence electrons. The molecule has 1 aliphatic rings. The molecule has 3 rings (SSSR count). The highest BCUT2D eigenvalue weighted by molar-refractivity contribution is 7.81. The van der Waals surface area contributed by atoms with Crippen LogP contribution in [0, 0.1) is 0 Å². The maximum Gasteiger partial charge on any atom is 0.239 e. The van der Waals surface area contributed by atoms with E-state index in [1.165, 1.54) is 17.0 Å². The van der Waals surface area contributed by atoms with Crippen LogP contribution in [0.15, 0.2) is 29.6 Å². The van der Waals surface area contributed by atoms with Crippen LogP contribution in [0.5, 0.6) is 0 Å². The maximum atomic E-state index is 11.4. The number of nitrogens with zero attached hydrogens (tertiary/aromatic N) is 2. The number of carbonyl (C=O) groups is 1. The average molecular weight is 363 g/mol. The summed E-state index contributed by atoms with van der Waals surface area (Å²) < 4.78 is 0.138. The molecule has 0 unspecified atom stereocenters. The molecule has 1 amide bonds. The third kappa shape index (κ3) is 4.09. The number of rotatable bonds is 4. The van der Waals surface area contributed by atoms with Crippen LogP contribution in [0.4, 0.5) is 10.8 Å². The van der Waals surface area contributed by atoms with Crippen molar-refractivity contribution in [3.63, 3.8) is 0 Å². The number of amides is 1. The minimum atomic E-state index is -0.229. The van der Waals surface area contributed by atoms with Gasteiger partial charge in [-0.05, 0) is 25.0 Å². The Bertz CT molecular complexity index is 719. The highest BCUT2D eigenvalue weighted by Gasteiger charge is 2.26. The molecule has 7 heteroatoms. The van der Waals surface area contributed by atoms with Gasteiger partial charge in [-0.2, -0.15) is 12.6 Å². The number of thiazole rings is 1. The number of nitrogens with two attached hydrogens (primary N) is 1. The first-order valence-corrected chi connectivity index (χ1v) is 9.33. The predicted octanol–water partition coefficient (Wildman–Crippen LogP) is 3.00. The molecule has 1 aliphatic heterocycles. The van der Waals surface area contributed by atoms with E-state index in [1.807, 2.05) is 11.4 Å². The second-order valence-corrected chi connectivity index (χ2v) is 8.26. The first-order valence-electron chi connectivity index (χ1n) is 8.00. The smallest absolute Gasteiger partial charge is 0.239 e. The molecule has 2 aromatic rings. The van der Waals surface area contributed by atoms with Gasteiger partial charge in [0.1, 0.15) is 0 Å². The van der Waals surface area contributed by atoms with Crippen molar-refractivity contribution in [1.29, 1.82) is 0 Å². The van der Waals surface area contributed by atoms with Crippen LogP contribution >= 0.6 is 24.0 Å². The lowest BCUT2D eigenvalue weighted by atomic mass is 9.97. The molecule has 1 saturated heterocycles. The van der Waals surface area contributed by atoms with Crippen molar-refractivity contribution in [2.24, 2.45) is 5.73 Å². The molecule has 0 aliphatic carbocycles. The normalized spacial score (nSPS) is 16.9. The highest BCUT2D eigenvalue weighted by Crippen LogP contribution is 2.33. The van der Waals surface area contributed by atoms with Crippen molar-refractivity contribution in [2.75, 3.05) is 29.9 Å². The second-order valence-electron chi connectivity index (χ2n) is 6.32. The van der Waals surface area contributed by atoms with Gasteiger partial charge in [0.05, 0.1) is 12.2 Å². The van der Waals surface area contributed by atoms with Crippen molar-refractivity contribution in [3.8, 4) is 11.3 Å². The van der Waals surface area contributed by atoms with Gasteiger partial charge < -0.3 is 16.0 Å². The Balaban J connectivity index is 1.75. The zero-order chi connectivity index (χ0) is 17.2. The molecular formula is C17H22N4OS2. The maximum absolute atomic E-state index is 11.4. The van der Waals surface area contributed by atoms with Gasteiger partial charge in [0.25, 0.3) is 0 Å².